The molecule has 0 aliphatic carbocycles. The van der Waals surface area contributed by atoms with Crippen LogP contribution in [0.25, 0.3) is 0 Å². The molecule has 0 bridgehead atoms. The van der Waals surface area contributed by atoms with Crippen molar-refractivity contribution in [2.45, 2.75) is 32.7 Å². The minimum absolute atomic E-state index is 0.0157. The summed E-state index contributed by atoms with van der Waals surface area (Å²) in [5.41, 5.74) is 0.0157. The molecule has 0 unspecified atom stereocenters. The van der Waals surface area contributed by atoms with Crippen molar-refractivity contribution in [3.8, 4) is 0 Å². The van der Waals surface area contributed by atoms with E-state index in [2.05, 4.69) is 20.8 Å². The number of amides is 2. The van der Waals surface area contributed by atoms with Crippen LogP contribution in [0.5, 0.6) is 0 Å². The first-order chi connectivity index (χ1) is 5.49. The lowest BCUT2D eigenvalue weighted by atomic mass is 10.0. The van der Waals surface area contributed by atoms with Crippen molar-refractivity contribution >= 4 is 6.03 Å². The number of likely N-dealkylation sites (N-methyl/N-ethyl adjacent to an activating group) is 1. The van der Waals surface area contributed by atoms with Crippen molar-refractivity contribution in [3.63, 3.8) is 0 Å². The summed E-state index contributed by atoms with van der Waals surface area (Å²) in [4.78, 5) is 15.3. The maximum Gasteiger partial charge on any atom is 0.320 e. The zero-order valence-corrected chi connectivity index (χ0v) is 8.42. The van der Waals surface area contributed by atoms with Crippen molar-refractivity contribution in [1.82, 2.24) is 9.80 Å². The van der Waals surface area contributed by atoms with Gasteiger partial charge >= 0.3 is 6.03 Å². The summed E-state index contributed by atoms with van der Waals surface area (Å²) in [7, 11) is 1.86. The zero-order valence-electron chi connectivity index (χ0n) is 8.42. The van der Waals surface area contributed by atoms with Gasteiger partial charge in [0.1, 0.15) is 0 Å². The van der Waals surface area contributed by atoms with Crippen LogP contribution < -0.4 is 0 Å². The van der Waals surface area contributed by atoms with Crippen LogP contribution >= 0.6 is 0 Å². The molecule has 3 nitrogen and oxygen atoms in total. The summed E-state index contributed by atoms with van der Waals surface area (Å²) in [5, 5.41) is 0. The van der Waals surface area contributed by atoms with Crippen LogP contribution in [-0.4, -0.2) is 41.5 Å². The highest BCUT2D eigenvalue weighted by atomic mass is 16.2. The Kier molecular flexibility index (Phi) is 2.31. The number of urea groups is 1. The first kappa shape index (κ1) is 9.36. The molecule has 0 spiro atoms. The van der Waals surface area contributed by atoms with E-state index < -0.39 is 0 Å². The van der Waals surface area contributed by atoms with Crippen LogP contribution in [-0.2, 0) is 0 Å². The summed E-state index contributed by atoms with van der Waals surface area (Å²) in [6, 6.07) is 0.168. The Balaban J connectivity index is 2.71. The van der Waals surface area contributed by atoms with E-state index in [0.717, 1.165) is 19.5 Å². The molecule has 12 heavy (non-hydrogen) atoms. The van der Waals surface area contributed by atoms with Gasteiger partial charge in [-0.25, -0.2) is 4.79 Å². The minimum Gasteiger partial charge on any atom is -0.326 e. The number of carbonyl (C=O) groups excluding carboxylic acids is 1. The third kappa shape index (κ3) is 1.40. The highest BCUT2D eigenvalue weighted by Crippen LogP contribution is 2.22. The van der Waals surface area contributed by atoms with Crippen molar-refractivity contribution < 1.29 is 4.79 Å². The van der Waals surface area contributed by atoms with Crippen LogP contribution in [0, 0.1) is 0 Å². The fraction of sp³-hybridized carbons (Fsp3) is 0.889. The van der Waals surface area contributed by atoms with Gasteiger partial charge in [-0.15, -0.1) is 0 Å². The van der Waals surface area contributed by atoms with Gasteiger partial charge in [0.05, 0.1) is 0 Å². The largest absolute Gasteiger partial charge is 0.326 e. The zero-order chi connectivity index (χ0) is 9.35. The summed E-state index contributed by atoms with van der Waals surface area (Å²) in [6.45, 7) is 8.08. The number of hydrogen-bond acceptors (Lipinski definition) is 1. The lowest BCUT2D eigenvalue weighted by molar-refractivity contribution is 0.147. The van der Waals surface area contributed by atoms with Gasteiger partial charge in [-0.2, -0.15) is 0 Å². The lowest BCUT2D eigenvalue weighted by Crippen LogP contribution is -2.45. The van der Waals surface area contributed by atoms with Crippen molar-refractivity contribution in [2.24, 2.45) is 0 Å². The Morgan fingerprint density at radius 3 is 2.33 bits per heavy atom. The molecule has 0 aromatic heterocycles. The fourth-order valence-electron chi connectivity index (χ4n) is 1.40. The number of hydrogen-bond donors (Lipinski definition) is 0. The molecule has 0 radical (unpaired) electrons. The van der Waals surface area contributed by atoms with E-state index in [1.54, 1.807) is 4.90 Å². The smallest absolute Gasteiger partial charge is 0.320 e. The highest BCUT2D eigenvalue weighted by molar-refractivity contribution is 5.77. The normalized spacial score (nSPS) is 19.2. The Morgan fingerprint density at radius 1 is 1.42 bits per heavy atom. The third-order valence-corrected chi connectivity index (χ3v) is 2.81. The molecule has 0 aromatic rings. The molecule has 0 atom stereocenters. The maximum atomic E-state index is 11.6. The monoisotopic (exact) mass is 170 g/mol. The lowest BCUT2D eigenvalue weighted by Gasteiger charge is -2.34. The average molecular weight is 170 g/mol. The Bertz CT molecular complexity index is 189. The first-order valence-corrected chi connectivity index (χ1v) is 4.52. The van der Waals surface area contributed by atoms with Gasteiger partial charge < -0.3 is 9.80 Å². The Morgan fingerprint density at radius 2 is 2.00 bits per heavy atom. The third-order valence-electron chi connectivity index (χ3n) is 2.81. The van der Waals surface area contributed by atoms with Crippen molar-refractivity contribution in [1.29, 1.82) is 0 Å². The van der Waals surface area contributed by atoms with Crippen LogP contribution in [0.15, 0.2) is 0 Å². The SMILES string of the molecule is CCC(C)(C)N1CCN(C)C1=O. The molecular weight excluding hydrogens is 152 g/mol. The molecule has 1 heterocycles. The van der Waals surface area contributed by atoms with E-state index in [0.29, 0.717) is 0 Å². The fourth-order valence-corrected chi connectivity index (χ4v) is 1.40. The Hall–Kier alpha value is -0.730. The molecule has 1 saturated heterocycles. The van der Waals surface area contributed by atoms with Gasteiger partial charge in [-0.3, -0.25) is 0 Å². The number of rotatable bonds is 2. The summed E-state index contributed by atoms with van der Waals surface area (Å²) >= 11 is 0. The van der Waals surface area contributed by atoms with Gasteiger partial charge in [-0.1, -0.05) is 6.92 Å². The summed E-state index contributed by atoms with van der Waals surface area (Å²) in [5.74, 6) is 0. The molecule has 1 aliphatic rings. The second kappa shape index (κ2) is 2.96. The highest BCUT2D eigenvalue weighted by Gasteiger charge is 2.35. The Labute approximate surface area is 74.3 Å². The van der Waals surface area contributed by atoms with E-state index in [1.807, 2.05) is 11.9 Å². The van der Waals surface area contributed by atoms with Gasteiger partial charge in [-0.05, 0) is 20.3 Å². The quantitative estimate of drug-likeness (QED) is 0.616. The van der Waals surface area contributed by atoms with Crippen LogP contribution in [0.1, 0.15) is 27.2 Å². The number of nitrogens with zero attached hydrogens (tertiary/aromatic N) is 2. The predicted molar refractivity (Wildman–Crippen MR) is 49.1 cm³/mol. The van der Waals surface area contributed by atoms with Gasteiger partial charge in [0, 0.05) is 25.7 Å². The van der Waals surface area contributed by atoms with Crippen LogP contribution in [0.3, 0.4) is 0 Å². The van der Waals surface area contributed by atoms with Crippen LogP contribution in [0.2, 0.25) is 0 Å². The predicted octanol–water partition coefficient (Wildman–Crippen LogP) is 1.54. The van der Waals surface area contributed by atoms with E-state index in [4.69, 9.17) is 0 Å². The van der Waals surface area contributed by atoms with Crippen LogP contribution in [0.4, 0.5) is 4.79 Å². The molecule has 3 heteroatoms. The molecule has 0 saturated carbocycles. The van der Waals surface area contributed by atoms with E-state index in [1.165, 1.54) is 0 Å². The van der Waals surface area contributed by atoms with Crippen molar-refractivity contribution in [3.05, 3.63) is 0 Å². The molecule has 1 rings (SSSR count). The number of carbonyl (C=O) groups is 1. The summed E-state index contributed by atoms with van der Waals surface area (Å²) < 4.78 is 0. The second-order valence-corrected chi connectivity index (χ2v) is 4.02. The molecule has 1 aliphatic heterocycles. The minimum atomic E-state index is 0.0157. The second-order valence-electron chi connectivity index (χ2n) is 4.02. The molecule has 70 valence electrons. The topological polar surface area (TPSA) is 23.6 Å². The van der Waals surface area contributed by atoms with E-state index in [9.17, 15) is 4.79 Å². The van der Waals surface area contributed by atoms with E-state index >= 15 is 0 Å². The van der Waals surface area contributed by atoms with Gasteiger partial charge in [0.15, 0.2) is 0 Å². The van der Waals surface area contributed by atoms with E-state index in [-0.39, 0.29) is 11.6 Å². The van der Waals surface area contributed by atoms with Crippen molar-refractivity contribution in [2.75, 3.05) is 20.1 Å². The first-order valence-electron chi connectivity index (χ1n) is 4.52. The average Bonchev–Trinajstić information content (AvgIpc) is 2.33. The molecular formula is C9H18N2O. The maximum absolute atomic E-state index is 11.6. The molecule has 2 amide bonds. The standard InChI is InChI=1S/C9H18N2O/c1-5-9(2,3)11-7-6-10(4)8(11)12/h5-7H2,1-4H3. The molecule has 0 N–H and O–H groups in total. The molecule has 1 fully saturated rings. The molecule has 0 aromatic carbocycles. The van der Waals surface area contributed by atoms with Gasteiger partial charge in [0.2, 0.25) is 0 Å². The summed E-state index contributed by atoms with van der Waals surface area (Å²) in [6.07, 6.45) is 1.01. The van der Waals surface area contributed by atoms with Gasteiger partial charge in [0.25, 0.3) is 0 Å².